The molecule has 2 N–H and O–H groups in total. The van der Waals surface area contributed by atoms with Crippen molar-refractivity contribution in [3.63, 3.8) is 0 Å². The number of hydrogen-bond acceptors (Lipinski definition) is 6. The van der Waals surface area contributed by atoms with Crippen molar-refractivity contribution in [1.82, 2.24) is 15.5 Å². The fraction of sp³-hybridized carbons (Fsp3) is 0.333. The van der Waals surface area contributed by atoms with Crippen LogP contribution in [-0.2, 0) is 16.0 Å². The van der Waals surface area contributed by atoms with E-state index in [-0.39, 0.29) is 17.6 Å². The molecule has 0 aliphatic rings. The summed E-state index contributed by atoms with van der Waals surface area (Å²) in [6, 6.07) is 7.98. The van der Waals surface area contributed by atoms with Crippen LogP contribution in [0.1, 0.15) is 5.69 Å². The van der Waals surface area contributed by atoms with Crippen molar-refractivity contribution in [2.45, 2.75) is 6.42 Å². The molecule has 23 heavy (non-hydrogen) atoms. The van der Waals surface area contributed by atoms with Crippen molar-refractivity contribution in [2.24, 2.45) is 5.92 Å². The van der Waals surface area contributed by atoms with Gasteiger partial charge in [-0.1, -0.05) is 0 Å². The summed E-state index contributed by atoms with van der Waals surface area (Å²) in [7, 11) is 3.13. The number of rotatable bonds is 7. The van der Waals surface area contributed by atoms with E-state index in [1.165, 1.54) is 19.2 Å². The Morgan fingerprint density at radius 3 is 2.70 bits per heavy atom. The molecule has 1 heterocycles. The highest BCUT2D eigenvalue weighted by atomic mass is 16.6. The summed E-state index contributed by atoms with van der Waals surface area (Å²) in [5.41, 5.74) is 2.26. The minimum absolute atomic E-state index is 0.0317. The first kappa shape index (κ1) is 16.6. The van der Waals surface area contributed by atoms with Crippen molar-refractivity contribution in [1.29, 1.82) is 0 Å². The maximum atomic E-state index is 11.7. The number of nitrogens with one attached hydrogen (secondary N) is 2. The molecule has 0 saturated heterocycles. The van der Waals surface area contributed by atoms with E-state index in [1.807, 2.05) is 6.07 Å². The number of non-ortho nitro benzene ring substituents is 1. The molecular weight excluding hydrogens is 300 g/mol. The Hall–Kier alpha value is -2.74. The van der Waals surface area contributed by atoms with Crippen LogP contribution in [-0.4, -0.2) is 41.8 Å². The second kappa shape index (κ2) is 7.50. The lowest BCUT2D eigenvalue weighted by molar-refractivity contribution is -0.384. The van der Waals surface area contributed by atoms with Gasteiger partial charge in [0.15, 0.2) is 0 Å². The first-order valence-electron chi connectivity index (χ1n) is 7.06. The van der Waals surface area contributed by atoms with Crippen LogP contribution in [0.25, 0.3) is 11.3 Å². The van der Waals surface area contributed by atoms with Gasteiger partial charge in [0.05, 0.1) is 23.6 Å². The molecule has 1 unspecified atom stereocenters. The molecule has 0 fully saturated rings. The zero-order chi connectivity index (χ0) is 16.8. The highest BCUT2D eigenvalue weighted by molar-refractivity contribution is 5.73. The number of aromatic nitrogens is 2. The van der Waals surface area contributed by atoms with Crippen molar-refractivity contribution < 1.29 is 14.5 Å². The Morgan fingerprint density at radius 2 is 2.13 bits per heavy atom. The van der Waals surface area contributed by atoms with Gasteiger partial charge < -0.3 is 10.1 Å². The van der Waals surface area contributed by atoms with Crippen molar-refractivity contribution >= 4 is 11.7 Å². The van der Waals surface area contributed by atoms with Crippen molar-refractivity contribution in [3.05, 3.63) is 46.1 Å². The Labute approximate surface area is 133 Å². The normalized spacial score (nSPS) is 11.9. The van der Waals surface area contributed by atoms with Gasteiger partial charge in [0.25, 0.3) is 5.69 Å². The molecule has 0 bridgehead atoms. The quantitative estimate of drug-likeness (QED) is 0.455. The van der Waals surface area contributed by atoms with E-state index in [1.54, 1.807) is 19.2 Å². The first-order chi connectivity index (χ1) is 11.0. The van der Waals surface area contributed by atoms with E-state index in [2.05, 4.69) is 15.5 Å². The Bertz CT molecular complexity index is 681. The molecule has 0 saturated carbocycles. The lowest BCUT2D eigenvalue weighted by atomic mass is 10.0. The predicted molar refractivity (Wildman–Crippen MR) is 83.8 cm³/mol. The van der Waals surface area contributed by atoms with Crippen LogP contribution in [0, 0.1) is 16.0 Å². The van der Waals surface area contributed by atoms with Gasteiger partial charge in [0.1, 0.15) is 0 Å². The van der Waals surface area contributed by atoms with Gasteiger partial charge in [-0.05, 0) is 25.2 Å². The molecule has 8 nitrogen and oxygen atoms in total. The molecule has 1 atom stereocenters. The number of nitro groups is 1. The number of nitro benzene ring substituents is 1. The summed E-state index contributed by atoms with van der Waals surface area (Å²) in [5, 5.41) is 20.7. The van der Waals surface area contributed by atoms with Crippen LogP contribution in [0.15, 0.2) is 30.3 Å². The third-order valence-corrected chi connectivity index (χ3v) is 3.46. The van der Waals surface area contributed by atoms with Gasteiger partial charge in [0.2, 0.25) is 0 Å². The van der Waals surface area contributed by atoms with Gasteiger partial charge >= 0.3 is 5.97 Å². The molecule has 2 rings (SSSR count). The van der Waals surface area contributed by atoms with Crippen LogP contribution in [0.2, 0.25) is 0 Å². The highest BCUT2D eigenvalue weighted by Crippen LogP contribution is 2.22. The van der Waals surface area contributed by atoms with E-state index in [0.717, 1.165) is 11.3 Å². The molecular formula is C15H18N4O4. The fourth-order valence-corrected chi connectivity index (χ4v) is 2.29. The molecule has 0 aliphatic heterocycles. The Balaban J connectivity index is 2.13. The molecule has 1 aromatic carbocycles. The lowest BCUT2D eigenvalue weighted by Crippen LogP contribution is -2.29. The second-order valence-electron chi connectivity index (χ2n) is 5.06. The largest absolute Gasteiger partial charge is 0.469 e. The number of carbonyl (C=O) groups is 1. The molecule has 2 aromatic rings. The molecule has 0 aliphatic carbocycles. The second-order valence-corrected chi connectivity index (χ2v) is 5.06. The number of benzene rings is 1. The number of ether oxygens (including phenoxy) is 1. The number of hydrogen-bond donors (Lipinski definition) is 2. The minimum atomic E-state index is -0.446. The van der Waals surface area contributed by atoms with E-state index in [0.29, 0.717) is 18.7 Å². The molecule has 122 valence electrons. The SMILES string of the molecule is CNCC(Cc1cc(-c2ccc([N+](=O)[O-])cc2)n[nH]1)C(=O)OC. The van der Waals surface area contributed by atoms with Crippen LogP contribution in [0.3, 0.4) is 0 Å². The molecule has 1 aromatic heterocycles. The van der Waals surface area contributed by atoms with Crippen LogP contribution in [0.4, 0.5) is 5.69 Å². The molecule has 0 amide bonds. The van der Waals surface area contributed by atoms with E-state index in [9.17, 15) is 14.9 Å². The zero-order valence-electron chi connectivity index (χ0n) is 12.9. The summed E-state index contributed by atoms with van der Waals surface area (Å²) in [6.07, 6.45) is 0.466. The van der Waals surface area contributed by atoms with Gasteiger partial charge in [-0.2, -0.15) is 5.10 Å². The molecule has 8 heteroatoms. The summed E-state index contributed by atoms with van der Waals surface area (Å²) in [6.45, 7) is 0.499. The smallest absolute Gasteiger partial charge is 0.310 e. The van der Waals surface area contributed by atoms with Crippen LogP contribution < -0.4 is 5.32 Å². The standard InChI is InChI=1S/C15H18N4O4/c1-16-9-11(15(20)23-2)7-12-8-14(18-17-12)10-3-5-13(6-4-10)19(21)22/h3-6,8,11,16H,7,9H2,1-2H3,(H,17,18). The molecule has 0 radical (unpaired) electrons. The predicted octanol–water partition coefficient (Wildman–Crippen LogP) is 1.54. The van der Waals surface area contributed by atoms with Gasteiger partial charge in [0, 0.05) is 36.4 Å². The Morgan fingerprint density at radius 1 is 1.43 bits per heavy atom. The van der Waals surface area contributed by atoms with Crippen LogP contribution in [0.5, 0.6) is 0 Å². The Kier molecular flexibility index (Phi) is 5.42. The topological polar surface area (TPSA) is 110 Å². The summed E-state index contributed by atoms with van der Waals surface area (Å²) in [4.78, 5) is 21.9. The third-order valence-electron chi connectivity index (χ3n) is 3.46. The number of nitrogens with zero attached hydrogens (tertiary/aromatic N) is 2. The zero-order valence-corrected chi connectivity index (χ0v) is 12.9. The van der Waals surface area contributed by atoms with E-state index < -0.39 is 4.92 Å². The number of esters is 1. The average molecular weight is 318 g/mol. The summed E-state index contributed by atoms with van der Waals surface area (Å²) >= 11 is 0. The van der Waals surface area contributed by atoms with Gasteiger partial charge in [-0.25, -0.2) is 0 Å². The van der Waals surface area contributed by atoms with E-state index in [4.69, 9.17) is 4.74 Å². The average Bonchev–Trinajstić information content (AvgIpc) is 3.02. The third kappa shape index (κ3) is 4.13. The van der Waals surface area contributed by atoms with Crippen molar-refractivity contribution in [2.75, 3.05) is 20.7 Å². The van der Waals surface area contributed by atoms with Gasteiger partial charge in [-0.15, -0.1) is 0 Å². The summed E-state index contributed by atoms with van der Waals surface area (Å²) < 4.78 is 4.79. The minimum Gasteiger partial charge on any atom is -0.469 e. The number of methoxy groups -OCH3 is 1. The highest BCUT2D eigenvalue weighted by Gasteiger charge is 2.20. The molecule has 0 spiro atoms. The van der Waals surface area contributed by atoms with Crippen molar-refractivity contribution in [3.8, 4) is 11.3 Å². The monoisotopic (exact) mass is 318 g/mol. The maximum absolute atomic E-state index is 11.7. The summed E-state index contributed by atoms with van der Waals surface area (Å²) in [5.74, 6) is -0.596. The number of carbonyl (C=O) groups excluding carboxylic acids is 1. The number of H-pyrrole nitrogens is 1. The van der Waals surface area contributed by atoms with Crippen LogP contribution >= 0.6 is 0 Å². The van der Waals surface area contributed by atoms with Gasteiger partial charge in [-0.3, -0.25) is 20.0 Å². The van der Waals surface area contributed by atoms with E-state index >= 15 is 0 Å². The lowest BCUT2D eigenvalue weighted by Gasteiger charge is -2.12. The maximum Gasteiger partial charge on any atom is 0.310 e. The fourth-order valence-electron chi connectivity index (χ4n) is 2.29. The number of aromatic amines is 1. The first-order valence-corrected chi connectivity index (χ1v) is 7.06.